The molecule has 1 amide bonds. The van der Waals surface area contributed by atoms with Crippen molar-refractivity contribution < 1.29 is 4.79 Å². The molecule has 2 rings (SSSR count). The third-order valence-corrected chi connectivity index (χ3v) is 4.26. The monoisotopic (exact) mass is 289 g/mol. The predicted octanol–water partition coefficient (Wildman–Crippen LogP) is 1.85. The maximum atomic E-state index is 12.3. The minimum Gasteiger partial charge on any atom is -0.353 e. The van der Waals surface area contributed by atoms with E-state index in [1.54, 1.807) is 6.92 Å². The average molecular weight is 289 g/mol. The van der Waals surface area contributed by atoms with Gasteiger partial charge in [-0.05, 0) is 38.4 Å². The number of hydrogen-bond donors (Lipinski definition) is 2. The zero-order valence-corrected chi connectivity index (χ0v) is 13.0. The van der Waals surface area contributed by atoms with Gasteiger partial charge in [-0.15, -0.1) is 0 Å². The van der Waals surface area contributed by atoms with Gasteiger partial charge in [-0.1, -0.05) is 43.2 Å². The summed E-state index contributed by atoms with van der Waals surface area (Å²) in [5.41, 5.74) is 6.07. The Labute approximate surface area is 127 Å². The Morgan fingerprint density at radius 3 is 2.43 bits per heavy atom. The van der Waals surface area contributed by atoms with Gasteiger partial charge in [-0.25, -0.2) is 0 Å². The third kappa shape index (κ3) is 4.55. The molecule has 4 nitrogen and oxygen atoms in total. The highest BCUT2D eigenvalue weighted by molar-refractivity contribution is 5.86. The number of nitrogens with one attached hydrogen (secondary N) is 1. The molecule has 1 aliphatic rings. The lowest BCUT2D eigenvalue weighted by Crippen LogP contribution is -2.50. The van der Waals surface area contributed by atoms with Crippen molar-refractivity contribution in [3.05, 3.63) is 35.9 Å². The summed E-state index contributed by atoms with van der Waals surface area (Å²) < 4.78 is 0. The first-order valence-corrected chi connectivity index (χ1v) is 7.96. The van der Waals surface area contributed by atoms with E-state index in [9.17, 15) is 4.79 Å². The molecule has 1 aromatic carbocycles. The largest absolute Gasteiger partial charge is 0.353 e. The van der Waals surface area contributed by atoms with Crippen molar-refractivity contribution in [2.24, 2.45) is 5.73 Å². The summed E-state index contributed by atoms with van der Waals surface area (Å²) in [6.07, 6.45) is 5.20. The summed E-state index contributed by atoms with van der Waals surface area (Å²) in [4.78, 5) is 14.8. The van der Waals surface area contributed by atoms with E-state index >= 15 is 0 Å². The van der Waals surface area contributed by atoms with Crippen molar-refractivity contribution in [2.75, 3.05) is 26.2 Å². The van der Waals surface area contributed by atoms with Crippen LogP contribution in [0.1, 0.15) is 38.2 Å². The van der Waals surface area contributed by atoms with Crippen LogP contribution in [0.2, 0.25) is 0 Å². The molecule has 0 aliphatic carbocycles. The van der Waals surface area contributed by atoms with Gasteiger partial charge in [0.25, 0.3) is 0 Å². The fraction of sp³-hybridized carbons (Fsp3) is 0.588. The second kappa shape index (κ2) is 7.57. The van der Waals surface area contributed by atoms with Crippen LogP contribution in [0.25, 0.3) is 0 Å². The third-order valence-electron chi connectivity index (χ3n) is 4.26. The fourth-order valence-electron chi connectivity index (χ4n) is 2.79. The van der Waals surface area contributed by atoms with Gasteiger partial charge in [-0.2, -0.15) is 0 Å². The minimum atomic E-state index is -0.972. The lowest BCUT2D eigenvalue weighted by atomic mass is 9.92. The van der Waals surface area contributed by atoms with E-state index in [0.29, 0.717) is 6.54 Å². The molecule has 1 aromatic rings. The molecule has 1 unspecified atom stereocenters. The summed E-state index contributed by atoms with van der Waals surface area (Å²) in [6.45, 7) is 5.64. The number of amides is 1. The summed E-state index contributed by atoms with van der Waals surface area (Å²) >= 11 is 0. The lowest BCUT2D eigenvalue weighted by molar-refractivity contribution is -0.126. The molecule has 4 heteroatoms. The standard InChI is InChI=1S/C17H27N3O/c1-17(18,15-9-5-4-6-10-15)16(21)19-11-14-20-12-7-2-3-8-13-20/h4-6,9-10H,2-3,7-8,11-14,18H2,1H3,(H,19,21). The van der Waals surface area contributed by atoms with E-state index in [1.165, 1.54) is 25.7 Å². The number of likely N-dealkylation sites (tertiary alicyclic amines) is 1. The zero-order valence-electron chi connectivity index (χ0n) is 13.0. The molecule has 1 saturated heterocycles. The highest BCUT2D eigenvalue weighted by atomic mass is 16.2. The van der Waals surface area contributed by atoms with E-state index < -0.39 is 5.54 Å². The van der Waals surface area contributed by atoms with Gasteiger partial charge < -0.3 is 16.0 Å². The highest BCUT2D eigenvalue weighted by Gasteiger charge is 2.29. The molecule has 21 heavy (non-hydrogen) atoms. The van der Waals surface area contributed by atoms with Crippen LogP contribution in [-0.2, 0) is 10.3 Å². The lowest BCUT2D eigenvalue weighted by Gasteiger charge is -2.25. The van der Waals surface area contributed by atoms with Gasteiger partial charge in [0.05, 0.1) is 0 Å². The smallest absolute Gasteiger partial charge is 0.244 e. The number of carbonyl (C=O) groups is 1. The fourth-order valence-corrected chi connectivity index (χ4v) is 2.79. The maximum absolute atomic E-state index is 12.3. The number of rotatable bonds is 5. The van der Waals surface area contributed by atoms with Crippen molar-refractivity contribution in [1.82, 2.24) is 10.2 Å². The van der Waals surface area contributed by atoms with Crippen LogP contribution in [0, 0.1) is 0 Å². The van der Waals surface area contributed by atoms with Crippen LogP contribution in [-0.4, -0.2) is 37.0 Å². The van der Waals surface area contributed by atoms with E-state index in [-0.39, 0.29) is 5.91 Å². The van der Waals surface area contributed by atoms with E-state index in [2.05, 4.69) is 10.2 Å². The number of nitrogens with zero attached hydrogens (tertiary/aromatic N) is 1. The summed E-state index contributed by atoms with van der Waals surface area (Å²) in [5, 5.41) is 2.98. The Morgan fingerprint density at radius 1 is 1.19 bits per heavy atom. The van der Waals surface area contributed by atoms with Crippen LogP contribution < -0.4 is 11.1 Å². The number of nitrogens with two attached hydrogens (primary N) is 1. The Morgan fingerprint density at radius 2 is 1.81 bits per heavy atom. The van der Waals surface area contributed by atoms with Crippen LogP contribution in [0.3, 0.4) is 0 Å². The van der Waals surface area contributed by atoms with E-state index in [1.807, 2.05) is 30.3 Å². The first-order valence-electron chi connectivity index (χ1n) is 7.96. The van der Waals surface area contributed by atoms with Crippen molar-refractivity contribution in [1.29, 1.82) is 0 Å². The van der Waals surface area contributed by atoms with E-state index in [0.717, 1.165) is 25.2 Å². The number of hydrogen-bond acceptors (Lipinski definition) is 3. The Hall–Kier alpha value is -1.39. The Bertz CT molecular complexity index is 437. The van der Waals surface area contributed by atoms with Gasteiger partial charge in [0.2, 0.25) is 5.91 Å². The van der Waals surface area contributed by atoms with Gasteiger partial charge in [0.15, 0.2) is 0 Å². The number of carbonyl (C=O) groups excluding carboxylic acids is 1. The van der Waals surface area contributed by atoms with Gasteiger partial charge in [0.1, 0.15) is 5.54 Å². The van der Waals surface area contributed by atoms with Crippen LogP contribution in [0.4, 0.5) is 0 Å². The highest BCUT2D eigenvalue weighted by Crippen LogP contribution is 2.17. The first-order chi connectivity index (χ1) is 10.1. The normalized spacial score (nSPS) is 19.5. The molecule has 1 aliphatic heterocycles. The van der Waals surface area contributed by atoms with E-state index in [4.69, 9.17) is 5.73 Å². The number of benzene rings is 1. The molecule has 1 heterocycles. The summed E-state index contributed by atoms with van der Waals surface area (Å²) in [7, 11) is 0. The molecule has 0 spiro atoms. The van der Waals surface area contributed by atoms with Crippen molar-refractivity contribution in [2.45, 2.75) is 38.1 Å². The molecule has 1 atom stereocenters. The predicted molar refractivity (Wildman–Crippen MR) is 85.9 cm³/mol. The molecular weight excluding hydrogens is 262 g/mol. The zero-order chi connectivity index (χ0) is 15.1. The molecular formula is C17H27N3O. The molecule has 0 radical (unpaired) electrons. The molecule has 0 bridgehead atoms. The van der Waals surface area contributed by atoms with Crippen LogP contribution in [0.5, 0.6) is 0 Å². The van der Waals surface area contributed by atoms with Crippen molar-refractivity contribution in [3.8, 4) is 0 Å². The molecule has 116 valence electrons. The van der Waals surface area contributed by atoms with Gasteiger partial charge in [0, 0.05) is 13.1 Å². The summed E-state index contributed by atoms with van der Waals surface area (Å²) in [6, 6.07) is 9.54. The van der Waals surface area contributed by atoms with Crippen LogP contribution >= 0.6 is 0 Å². The first kappa shape index (κ1) is 16.0. The molecule has 0 saturated carbocycles. The average Bonchev–Trinajstić information content (AvgIpc) is 2.77. The molecule has 0 aromatic heterocycles. The topological polar surface area (TPSA) is 58.4 Å². The van der Waals surface area contributed by atoms with Gasteiger partial charge >= 0.3 is 0 Å². The van der Waals surface area contributed by atoms with Crippen LogP contribution in [0.15, 0.2) is 30.3 Å². The Balaban J connectivity index is 1.81. The SMILES string of the molecule is CC(N)(C(=O)NCCN1CCCCCC1)c1ccccc1. The van der Waals surface area contributed by atoms with Crippen molar-refractivity contribution in [3.63, 3.8) is 0 Å². The minimum absolute atomic E-state index is 0.108. The molecule has 3 N–H and O–H groups in total. The second-order valence-electron chi connectivity index (χ2n) is 6.08. The maximum Gasteiger partial charge on any atom is 0.244 e. The Kier molecular flexibility index (Phi) is 5.76. The quantitative estimate of drug-likeness (QED) is 0.870. The summed E-state index contributed by atoms with van der Waals surface area (Å²) in [5.74, 6) is -0.108. The molecule has 1 fully saturated rings. The van der Waals surface area contributed by atoms with Crippen molar-refractivity contribution >= 4 is 5.91 Å². The second-order valence-corrected chi connectivity index (χ2v) is 6.08. The van der Waals surface area contributed by atoms with Gasteiger partial charge in [-0.3, -0.25) is 4.79 Å².